The molecule has 1 atom stereocenters. The Hall–Kier alpha value is -2.67. The number of benzene rings is 1. The Labute approximate surface area is 174 Å². The van der Waals surface area contributed by atoms with Gasteiger partial charge in [0.2, 0.25) is 5.91 Å². The number of carbonyl (C=O) groups excluding carboxylic acids is 2. The van der Waals surface area contributed by atoms with E-state index in [0.29, 0.717) is 22.2 Å². The molecular formula is C22H26N2O4S. The van der Waals surface area contributed by atoms with Crippen LogP contribution in [-0.4, -0.2) is 22.9 Å². The van der Waals surface area contributed by atoms with Gasteiger partial charge in [-0.3, -0.25) is 14.4 Å². The van der Waals surface area contributed by atoms with Crippen LogP contribution >= 0.6 is 11.3 Å². The highest BCUT2D eigenvalue weighted by Crippen LogP contribution is 2.40. The summed E-state index contributed by atoms with van der Waals surface area (Å²) in [5, 5.41) is 15.1. The maximum Gasteiger partial charge on any atom is 0.303 e. The Balaban J connectivity index is 1.88. The van der Waals surface area contributed by atoms with Crippen LogP contribution in [0.3, 0.4) is 0 Å². The van der Waals surface area contributed by atoms with E-state index in [9.17, 15) is 14.4 Å². The van der Waals surface area contributed by atoms with Crippen molar-refractivity contribution in [1.29, 1.82) is 0 Å². The van der Waals surface area contributed by atoms with Gasteiger partial charge >= 0.3 is 5.97 Å². The molecule has 0 saturated heterocycles. The van der Waals surface area contributed by atoms with E-state index in [1.165, 1.54) is 11.3 Å². The van der Waals surface area contributed by atoms with Gasteiger partial charge < -0.3 is 15.7 Å². The first-order valence-corrected chi connectivity index (χ1v) is 10.7. The second kappa shape index (κ2) is 9.22. The third-order valence-electron chi connectivity index (χ3n) is 5.27. The molecule has 0 radical (unpaired) electrons. The second-order valence-electron chi connectivity index (χ2n) is 7.49. The fraction of sp³-hybridized carbons (Fsp3) is 0.409. The van der Waals surface area contributed by atoms with Crippen LogP contribution in [0, 0.1) is 12.8 Å². The van der Waals surface area contributed by atoms with Crippen molar-refractivity contribution in [1.82, 2.24) is 0 Å². The minimum atomic E-state index is -1.02. The molecule has 1 aliphatic rings. The normalized spacial score (nSPS) is 15.4. The molecule has 1 aromatic carbocycles. The summed E-state index contributed by atoms with van der Waals surface area (Å²) in [5.74, 6) is -1.06. The zero-order chi connectivity index (χ0) is 21.0. The van der Waals surface area contributed by atoms with Crippen LogP contribution in [0.15, 0.2) is 24.3 Å². The number of carbonyl (C=O) groups is 3. The molecule has 3 N–H and O–H groups in total. The van der Waals surface area contributed by atoms with Crippen LogP contribution in [0.5, 0.6) is 0 Å². The third kappa shape index (κ3) is 5.23. The first kappa shape index (κ1) is 21.0. The van der Waals surface area contributed by atoms with Crippen molar-refractivity contribution < 1.29 is 19.5 Å². The fourth-order valence-electron chi connectivity index (χ4n) is 3.66. The van der Waals surface area contributed by atoms with Gasteiger partial charge in [0.15, 0.2) is 0 Å². The fourth-order valence-corrected chi connectivity index (χ4v) is 5.03. The molecule has 6 nitrogen and oxygen atoms in total. The van der Waals surface area contributed by atoms with Crippen LogP contribution in [0.4, 0.5) is 10.7 Å². The van der Waals surface area contributed by atoms with Crippen molar-refractivity contribution in [2.45, 2.75) is 52.4 Å². The molecule has 3 rings (SSSR count). The van der Waals surface area contributed by atoms with E-state index in [2.05, 4.69) is 17.6 Å². The second-order valence-corrected chi connectivity index (χ2v) is 8.60. The first-order valence-electron chi connectivity index (χ1n) is 9.91. The summed E-state index contributed by atoms with van der Waals surface area (Å²) in [6.07, 6.45) is 3.48. The Morgan fingerprint density at radius 3 is 2.69 bits per heavy atom. The number of fused-ring (bicyclic) bond motifs is 1. The number of hydrogen-bond donors (Lipinski definition) is 3. The minimum Gasteiger partial charge on any atom is -0.481 e. The number of carboxylic acids is 1. The van der Waals surface area contributed by atoms with E-state index in [1.807, 2.05) is 31.2 Å². The molecule has 2 aromatic rings. The van der Waals surface area contributed by atoms with E-state index >= 15 is 0 Å². The molecule has 0 saturated carbocycles. The van der Waals surface area contributed by atoms with Gasteiger partial charge in [-0.25, -0.2) is 0 Å². The summed E-state index contributed by atoms with van der Waals surface area (Å²) in [5.41, 5.74) is 3.28. The van der Waals surface area contributed by atoms with Gasteiger partial charge in [0.1, 0.15) is 5.00 Å². The highest BCUT2D eigenvalue weighted by Gasteiger charge is 2.29. The lowest BCUT2D eigenvalue weighted by Crippen LogP contribution is -2.20. The lowest BCUT2D eigenvalue weighted by molar-refractivity contribution is -0.138. The molecule has 0 bridgehead atoms. The van der Waals surface area contributed by atoms with Crippen LogP contribution < -0.4 is 10.6 Å². The third-order valence-corrected chi connectivity index (χ3v) is 6.44. The smallest absolute Gasteiger partial charge is 0.303 e. The molecule has 1 aliphatic carbocycles. The van der Waals surface area contributed by atoms with E-state index in [0.717, 1.165) is 41.7 Å². The SMILES string of the molecule is CC[C@@H]1CCc2c(sc(NC(=O)CCC(=O)O)c2C(=O)Nc2cccc(C)c2)C1. The average molecular weight is 415 g/mol. The number of hydrogen-bond acceptors (Lipinski definition) is 4. The quantitative estimate of drug-likeness (QED) is 0.616. The highest BCUT2D eigenvalue weighted by atomic mass is 32.1. The van der Waals surface area contributed by atoms with Gasteiger partial charge in [-0.1, -0.05) is 25.5 Å². The highest BCUT2D eigenvalue weighted by molar-refractivity contribution is 7.17. The van der Waals surface area contributed by atoms with Crippen LogP contribution in [0.1, 0.15) is 59.0 Å². The summed E-state index contributed by atoms with van der Waals surface area (Å²) in [6, 6.07) is 7.58. The van der Waals surface area contributed by atoms with Gasteiger partial charge in [0.05, 0.1) is 12.0 Å². The summed E-state index contributed by atoms with van der Waals surface area (Å²) >= 11 is 1.45. The predicted molar refractivity (Wildman–Crippen MR) is 115 cm³/mol. The van der Waals surface area contributed by atoms with Gasteiger partial charge in [0, 0.05) is 17.0 Å². The first-order chi connectivity index (χ1) is 13.9. The lowest BCUT2D eigenvalue weighted by atomic mass is 9.85. The molecule has 1 aromatic heterocycles. The molecule has 29 heavy (non-hydrogen) atoms. The Kier molecular flexibility index (Phi) is 6.69. The molecule has 1 heterocycles. The van der Waals surface area contributed by atoms with Crippen molar-refractivity contribution in [2.24, 2.45) is 5.92 Å². The van der Waals surface area contributed by atoms with Gasteiger partial charge in [-0.2, -0.15) is 0 Å². The minimum absolute atomic E-state index is 0.117. The van der Waals surface area contributed by atoms with Crippen molar-refractivity contribution in [2.75, 3.05) is 10.6 Å². The van der Waals surface area contributed by atoms with E-state index in [-0.39, 0.29) is 24.7 Å². The molecule has 154 valence electrons. The zero-order valence-corrected chi connectivity index (χ0v) is 17.5. The molecule has 0 spiro atoms. The number of aryl methyl sites for hydroxylation is 1. The number of rotatable bonds is 7. The van der Waals surface area contributed by atoms with E-state index in [1.54, 1.807) is 0 Å². The van der Waals surface area contributed by atoms with Crippen LogP contribution in [-0.2, 0) is 22.4 Å². The van der Waals surface area contributed by atoms with Gasteiger partial charge in [0.25, 0.3) is 5.91 Å². The topological polar surface area (TPSA) is 95.5 Å². The number of nitrogens with one attached hydrogen (secondary N) is 2. The standard InChI is InChI=1S/C22H26N2O4S/c1-3-14-7-8-16-17(12-14)29-22(24-18(25)9-10-19(26)27)20(16)21(28)23-15-6-4-5-13(2)11-15/h4-6,11,14H,3,7-10,12H2,1-2H3,(H,23,28)(H,24,25)(H,26,27)/t14-/m1/s1. The number of anilines is 2. The average Bonchev–Trinajstić information content (AvgIpc) is 3.03. The zero-order valence-electron chi connectivity index (χ0n) is 16.7. The number of amides is 2. The van der Waals surface area contributed by atoms with Crippen molar-refractivity contribution >= 4 is 39.8 Å². The monoisotopic (exact) mass is 414 g/mol. The lowest BCUT2D eigenvalue weighted by Gasteiger charge is -2.21. The summed E-state index contributed by atoms with van der Waals surface area (Å²) in [7, 11) is 0. The van der Waals surface area contributed by atoms with Crippen LogP contribution in [0.25, 0.3) is 0 Å². The Morgan fingerprint density at radius 2 is 2.00 bits per heavy atom. The maximum absolute atomic E-state index is 13.1. The van der Waals surface area contributed by atoms with Crippen molar-refractivity contribution in [3.05, 3.63) is 45.8 Å². The van der Waals surface area contributed by atoms with Gasteiger partial charge in [-0.15, -0.1) is 11.3 Å². The molecule has 0 fully saturated rings. The summed E-state index contributed by atoms with van der Waals surface area (Å²) in [4.78, 5) is 37.2. The summed E-state index contributed by atoms with van der Waals surface area (Å²) < 4.78 is 0. The number of carboxylic acid groups (broad SMARTS) is 1. The van der Waals surface area contributed by atoms with Crippen LogP contribution in [0.2, 0.25) is 0 Å². The Morgan fingerprint density at radius 1 is 1.21 bits per heavy atom. The van der Waals surface area contributed by atoms with Crippen molar-refractivity contribution in [3.63, 3.8) is 0 Å². The molecule has 0 aliphatic heterocycles. The Bertz CT molecular complexity index is 935. The maximum atomic E-state index is 13.1. The molecule has 0 unspecified atom stereocenters. The van der Waals surface area contributed by atoms with Crippen molar-refractivity contribution in [3.8, 4) is 0 Å². The van der Waals surface area contributed by atoms with E-state index < -0.39 is 5.97 Å². The number of thiophene rings is 1. The summed E-state index contributed by atoms with van der Waals surface area (Å²) in [6.45, 7) is 4.13. The van der Waals surface area contributed by atoms with E-state index in [4.69, 9.17) is 5.11 Å². The number of aliphatic carboxylic acids is 1. The largest absolute Gasteiger partial charge is 0.481 e. The molecular weight excluding hydrogens is 388 g/mol. The molecule has 7 heteroatoms. The van der Waals surface area contributed by atoms with Gasteiger partial charge in [-0.05, 0) is 55.4 Å². The molecule has 2 amide bonds. The predicted octanol–water partition coefficient (Wildman–Crippen LogP) is 4.63.